The molecule has 0 spiro atoms. The maximum absolute atomic E-state index is 11.6. The van der Waals surface area contributed by atoms with Gasteiger partial charge in [0.25, 0.3) is 0 Å². The van der Waals surface area contributed by atoms with Gasteiger partial charge in [0.15, 0.2) is 0 Å². The summed E-state index contributed by atoms with van der Waals surface area (Å²) in [5.74, 6) is 0.826. The molecule has 1 aliphatic heterocycles. The molecule has 0 aromatic heterocycles. The maximum Gasteiger partial charge on any atom is 0.222 e. The fourth-order valence-corrected chi connectivity index (χ4v) is 2.35. The van der Waals surface area contributed by atoms with Crippen LogP contribution in [-0.4, -0.2) is 64.0 Å². The van der Waals surface area contributed by atoms with Crippen molar-refractivity contribution in [2.24, 2.45) is 0 Å². The van der Waals surface area contributed by atoms with E-state index in [9.17, 15) is 4.79 Å². The summed E-state index contributed by atoms with van der Waals surface area (Å²) in [6, 6.07) is 7.83. The molecule has 0 unspecified atom stereocenters. The first-order valence-corrected chi connectivity index (χ1v) is 8.05. The predicted molar refractivity (Wildman–Crippen MR) is 87.5 cm³/mol. The molecule has 1 amide bonds. The second kappa shape index (κ2) is 10.2. The molecule has 6 heteroatoms. The first-order chi connectivity index (χ1) is 11.3. The number of rotatable bonds is 9. The van der Waals surface area contributed by atoms with Crippen LogP contribution < -0.4 is 10.1 Å². The van der Waals surface area contributed by atoms with Crippen molar-refractivity contribution in [2.75, 3.05) is 53.2 Å². The normalized spacial score (nSPS) is 15.3. The molecule has 0 atom stereocenters. The summed E-state index contributed by atoms with van der Waals surface area (Å²) in [6.07, 6.45) is 0.381. The Hall–Kier alpha value is -1.63. The van der Waals surface area contributed by atoms with Gasteiger partial charge in [0, 0.05) is 39.7 Å². The van der Waals surface area contributed by atoms with Crippen molar-refractivity contribution >= 4 is 5.91 Å². The Morgan fingerprint density at radius 3 is 2.91 bits per heavy atom. The number of nitrogens with zero attached hydrogens (tertiary/aromatic N) is 1. The highest BCUT2D eigenvalue weighted by molar-refractivity contribution is 5.75. The summed E-state index contributed by atoms with van der Waals surface area (Å²) < 4.78 is 16.0. The first kappa shape index (κ1) is 17.7. The summed E-state index contributed by atoms with van der Waals surface area (Å²) in [7, 11) is 1.59. The lowest BCUT2D eigenvalue weighted by molar-refractivity contribution is -0.122. The zero-order chi connectivity index (χ0) is 16.3. The van der Waals surface area contributed by atoms with E-state index in [1.165, 1.54) is 0 Å². The van der Waals surface area contributed by atoms with Gasteiger partial charge in [0.2, 0.25) is 5.91 Å². The van der Waals surface area contributed by atoms with Crippen LogP contribution in [0.3, 0.4) is 0 Å². The van der Waals surface area contributed by atoms with Crippen LogP contribution >= 0.6 is 0 Å². The fraction of sp³-hybridized carbons (Fsp3) is 0.588. The van der Waals surface area contributed by atoms with Gasteiger partial charge in [-0.2, -0.15) is 0 Å². The summed E-state index contributed by atoms with van der Waals surface area (Å²) >= 11 is 0. The molecule has 0 aliphatic carbocycles. The lowest BCUT2D eigenvalue weighted by Crippen LogP contribution is -2.38. The van der Waals surface area contributed by atoms with Gasteiger partial charge in [-0.1, -0.05) is 12.1 Å². The van der Waals surface area contributed by atoms with Crippen LogP contribution in [0.25, 0.3) is 0 Å². The Labute approximate surface area is 137 Å². The monoisotopic (exact) mass is 322 g/mol. The fourth-order valence-electron chi connectivity index (χ4n) is 2.35. The van der Waals surface area contributed by atoms with Gasteiger partial charge in [-0.3, -0.25) is 9.69 Å². The molecule has 0 saturated carbocycles. The molecular weight excluding hydrogens is 296 g/mol. The quantitative estimate of drug-likeness (QED) is 0.736. The number of carbonyl (C=O) groups is 1. The predicted octanol–water partition coefficient (Wildman–Crippen LogP) is 1.05. The Kier molecular flexibility index (Phi) is 7.86. The van der Waals surface area contributed by atoms with E-state index in [1.807, 2.05) is 24.3 Å². The molecule has 0 radical (unpaired) electrons. The van der Waals surface area contributed by atoms with Gasteiger partial charge < -0.3 is 19.5 Å². The molecule has 23 heavy (non-hydrogen) atoms. The zero-order valence-electron chi connectivity index (χ0n) is 13.8. The van der Waals surface area contributed by atoms with Gasteiger partial charge >= 0.3 is 0 Å². The topological polar surface area (TPSA) is 60.0 Å². The van der Waals surface area contributed by atoms with Gasteiger partial charge in [-0.25, -0.2) is 0 Å². The van der Waals surface area contributed by atoms with E-state index in [0.717, 1.165) is 44.2 Å². The van der Waals surface area contributed by atoms with Gasteiger partial charge in [0.05, 0.1) is 19.8 Å². The van der Waals surface area contributed by atoms with E-state index in [1.54, 1.807) is 7.11 Å². The summed E-state index contributed by atoms with van der Waals surface area (Å²) in [5.41, 5.74) is 1.03. The summed E-state index contributed by atoms with van der Waals surface area (Å²) in [6.45, 7) is 6.05. The molecule has 2 rings (SSSR count). The van der Waals surface area contributed by atoms with E-state index < -0.39 is 0 Å². The van der Waals surface area contributed by atoms with Crippen molar-refractivity contribution in [3.63, 3.8) is 0 Å². The largest absolute Gasteiger partial charge is 0.492 e. The number of hydrogen-bond donors (Lipinski definition) is 1. The molecule has 6 nitrogen and oxygen atoms in total. The lowest BCUT2D eigenvalue weighted by atomic mass is 10.2. The average Bonchev–Trinajstić information content (AvgIpc) is 2.59. The van der Waals surface area contributed by atoms with Crippen molar-refractivity contribution < 1.29 is 19.0 Å². The number of nitrogens with one attached hydrogen (secondary N) is 1. The third-order valence-corrected chi connectivity index (χ3v) is 3.70. The van der Waals surface area contributed by atoms with Crippen molar-refractivity contribution in [3.8, 4) is 5.75 Å². The number of ether oxygens (including phenoxy) is 3. The van der Waals surface area contributed by atoms with E-state index in [2.05, 4.69) is 10.2 Å². The van der Waals surface area contributed by atoms with Crippen LogP contribution in [0.5, 0.6) is 5.75 Å². The second-order valence-corrected chi connectivity index (χ2v) is 5.47. The van der Waals surface area contributed by atoms with Gasteiger partial charge in [-0.15, -0.1) is 0 Å². The Bertz CT molecular complexity index is 475. The second-order valence-electron chi connectivity index (χ2n) is 5.47. The smallest absolute Gasteiger partial charge is 0.222 e. The highest BCUT2D eigenvalue weighted by Crippen LogP contribution is 2.13. The molecule has 1 aliphatic rings. The maximum atomic E-state index is 11.6. The van der Waals surface area contributed by atoms with Crippen LogP contribution in [0.15, 0.2) is 24.3 Å². The van der Waals surface area contributed by atoms with Crippen LogP contribution in [-0.2, 0) is 20.8 Å². The van der Waals surface area contributed by atoms with Crippen LogP contribution in [0.4, 0.5) is 0 Å². The van der Waals surface area contributed by atoms with Crippen LogP contribution in [0.1, 0.15) is 12.0 Å². The zero-order valence-corrected chi connectivity index (χ0v) is 13.8. The number of hydrogen-bond acceptors (Lipinski definition) is 5. The molecule has 1 heterocycles. The number of amides is 1. The first-order valence-electron chi connectivity index (χ1n) is 8.05. The molecule has 1 aromatic rings. The minimum Gasteiger partial charge on any atom is -0.492 e. The number of methoxy groups -OCH3 is 1. The van der Waals surface area contributed by atoms with Crippen LogP contribution in [0.2, 0.25) is 0 Å². The standard InChI is InChI=1S/C17H26N2O4/c1-21-9-5-17(20)18-14-15-3-2-4-16(13-15)23-12-8-19-6-10-22-11-7-19/h2-4,13H,5-12,14H2,1H3,(H,18,20). The summed E-state index contributed by atoms with van der Waals surface area (Å²) in [5, 5.41) is 2.87. The van der Waals surface area contributed by atoms with E-state index in [0.29, 0.717) is 26.2 Å². The Balaban J connectivity index is 1.70. The molecule has 128 valence electrons. The molecule has 1 fully saturated rings. The Morgan fingerprint density at radius 1 is 1.30 bits per heavy atom. The highest BCUT2D eigenvalue weighted by Gasteiger charge is 2.09. The average molecular weight is 322 g/mol. The van der Waals surface area contributed by atoms with Crippen molar-refractivity contribution in [2.45, 2.75) is 13.0 Å². The Morgan fingerprint density at radius 2 is 2.13 bits per heavy atom. The van der Waals surface area contributed by atoms with Gasteiger partial charge in [0.1, 0.15) is 12.4 Å². The van der Waals surface area contributed by atoms with Crippen molar-refractivity contribution in [1.29, 1.82) is 0 Å². The van der Waals surface area contributed by atoms with Crippen molar-refractivity contribution in [3.05, 3.63) is 29.8 Å². The van der Waals surface area contributed by atoms with Crippen LogP contribution in [0, 0.1) is 0 Å². The minimum absolute atomic E-state index is 0.00881. The number of morpholine rings is 1. The molecular formula is C17H26N2O4. The highest BCUT2D eigenvalue weighted by atomic mass is 16.5. The van der Waals surface area contributed by atoms with Gasteiger partial charge in [-0.05, 0) is 17.7 Å². The molecule has 1 saturated heterocycles. The molecule has 1 N–H and O–H groups in total. The van der Waals surface area contributed by atoms with E-state index in [-0.39, 0.29) is 5.91 Å². The molecule has 0 bridgehead atoms. The number of benzene rings is 1. The minimum atomic E-state index is -0.00881. The SMILES string of the molecule is COCCC(=O)NCc1cccc(OCCN2CCOCC2)c1. The van der Waals surface area contributed by atoms with E-state index >= 15 is 0 Å². The van der Waals surface area contributed by atoms with Crippen molar-refractivity contribution in [1.82, 2.24) is 10.2 Å². The number of carbonyl (C=O) groups excluding carboxylic acids is 1. The molecule has 1 aromatic carbocycles. The summed E-state index contributed by atoms with van der Waals surface area (Å²) in [4.78, 5) is 13.9. The third kappa shape index (κ3) is 6.99. The third-order valence-electron chi connectivity index (χ3n) is 3.70. The lowest BCUT2D eigenvalue weighted by Gasteiger charge is -2.26. The van der Waals surface area contributed by atoms with E-state index in [4.69, 9.17) is 14.2 Å².